The molecule has 2 aromatic rings. The van der Waals surface area contributed by atoms with Crippen LogP contribution in [0.3, 0.4) is 0 Å². The van der Waals surface area contributed by atoms with Gasteiger partial charge in [0.25, 0.3) is 11.1 Å². The number of halogens is 3. The average molecular weight is 369 g/mol. The Balaban J connectivity index is 1.78. The molecule has 1 fully saturated rings. The summed E-state index contributed by atoms with van der Waals surface area (Å²) in [5.41, 5.74) is 0.540. The summed E-state index contributed by atoms with van der Waals surface area (Å²) in [4.78, 5) is 24.5. The van der Waals surface area contributed by atoms with Crippen LogP contribution in [0.5, 0.6) is 5.75 Å². The summed E-state index contributed by atoms with van der Waals surface area (Å²) in [6, 6.07) is 8.40. The highest BCUT2D eigenvalue weighted by molar-refractivity contribution is 8.18. The van der Waals surface area contributed by atoms with Gasteiger partial charge in [0, 0.05) is 18.7 Å². The van der Waals surface area contributed by atoms with Gasteiger partial charge in [-0.05, 0) is 48.2 Å². The SMILES string of the molecule is CN1C(=O)S/C(=C\c2ccc(-c3ccc(OC(F)(F)F)cc3)o2)C1=O. The van der Waals surface area contributed by atoms with Crippen molar-refractivity contribution in [2.45, 2.75) is 6.36 Å². The first-order valence-electron chi connectivity index (χ1n) is 6.90. The number of nitrogens with zero attached hydrogens (tertiary/aromatic N) is 1. The van der Waals surface area contributed by atoms with Crippen LogP contribution in [-0.4, -0.2) is 29.5 Å². The summed E-state index contributed by atoms with van der Waals surface area (Å²) in [6.45, 7) is 0. The summed E-state index contributed by atoms with van der Waals surface area (Å²) < 4.78 is 45.8. The smallest absolute Gasteiger partial charge is 0.457 e. The lowest BCUT2D eigenvalue weighted by Crippen LogP contribution is -2.22. The van der Waals surface area contributed by atoms with E-state index in [-0.39, 0.29) is 15.9 Å². The van der Waals surface area contributed by atoms with Crippen molar-refractivity contribution < 1.29 is 31.9 Å². The first kappa shape index (κ1) is 17.2. The number of alkyl halides is 3. The normalized spacial score (nSPS) is 16.8. The van der Waals surface area contributed by atoms with Crippen molar-refractivity contribution in [3.8, 4) is 17.1 Å². The molecule has 1 aromatic carbocycles. The number of hydrogen-bond donors (Lipinski definition) is 0. The first-order valence-corrected chi connectivity index (χ1v) is 7.72. The molecule has 0 saturated carbocycles. The molecule has 0 atom stereocenters. The number of carbonyl (C=O) groups excluding carboxylic acids is 2. The van der Waals surface area contributed by atoms with Crippen molar-refractivity contribution in [3.63, 3.8) is 0 Å². The highest BCUT2D eigenvalue weighted by Crippen LogP contribution is 2.33. The zero-order chi connectivity index (χ0) is 18.2. The molecule has 0 bridgehead atoms. The van der Waals surface area contributed by atoms with Gasteiger partial charge in [-0.25, -0.2) is 0 Å². The second-order valence-electron chi connectivity index (χ2n) is 5.01. The van der Waals surface area contributed by atoms with E-state index in [0.717, 1.165) is 16.7 Å². The average Bonchev–Trinajstić information content (AvgIpc) is 3.08. The molecule has 9 heteroatoms. The Morgan fingerprint density at radius 2 is 1.80 bits per heavy atom. The lowest BCUT2D eigenvalue weighted by molar-refractivity contribution is -0.274. The van der Waals surface area contributed by atoms with Gasteiger partial charge >= 0.3 is 6.36 Å². The van der Waals surface area contributed by atoms with E-state index >= 15 is 0 Å². The van der Waals surface area contributed by atoms with Crippen LogP contribution in [0, 0.1) is 0 Å². The molecule has 0 N–H and O–H groups in total. The van der Waals surface area contributed by atoms with Gasteiger partial charge in [-0.15, -0.1) is 13.2 Å². The minimum atomic E-state index is -4.75. The Morgan fingerprint density at radius 3 is 2.36 bits per heavy atom. The van der Waals surface area contributed by atoms with E-state index in [1.165, 1.54) is 37.4 Å². The lowest BCUT2D eigenvalue weighted by atomic mass is 10.2. The number of amides is 2. The molecule has 1 saturated heterocycles. The second kappa shape index (κ2) is 6.32. The minimum absolute atomic E-state index is 0.238. The third kappa shape index (κ3) is 3.87. The highest BCUT2D eigenvalue weighted by atomic mass is 32.2. The van der Waals surface area contributed by atoms with Crippen LogP contribution in [0.1, 0.15) is 5.76 Å². The van der Waals surface area contributed by atoms with Crippen LogP contribution in [-0.2, 0) is 4.79 Å². The number of benzene rings is 1. The van der Waals surface area contributed by atoms with Crippen molar-refractivity contribution >= 4 is 29.0 Å². The Hall–Kier alpha value is -2.68. The fourth-order valence-corrected chi connectivity index (χ4v) is 2.89. The van der Waals surface area contributed by atoms with Crippen LogP contribution < -0.4 is 4.74 Å². The Morgan fingerprint density at radius 1 is 1.12 bits per heavy atom. The number of ether oxygens (including phenoxy) is 1. The molecule has 0 spiro atoms. The maximum atomic E-state index is 12.1. The summed E-state index contributed by atoms with van der Waals surface area (Å²) >= 11 is 0.804. The van der Waals surface area contributed by atoms with Gasteiger partial charge in [-0.1, -0.05) is 0 Å². The lowest BCUT2D eigenvalue weighted by Gasteiger charge is -2.08. The first-order chi connectivity index (χ1) is 11.7. The zero-order valence-electron chi connectivity index (χ0n) is 12.7. The molecule has 25 heavy (non-hydrogen) atoms. The molecule has 1 aromatic heterocycles. The maximum absolute atomic E-state index is 12.1. The number of thioether (sulfide) groups is 1. The molecule has 130 valence electrons. The summed E-state index contributed by atoms with van der Waals surface area (Å²) in [5.74, 6) is 0.00588. The van der Waals surface area contributed by atoms with Crippen molar-refractivity contribution in [1.29, 1.82) is 0 Å². The number of furan rings is 1. The van der Waals surface area contributed by atoms with Gasteiger partial charge in [0.05, 0.1) is 4.91 Å². The molecule has 2 amide bonds. The van der Waals surface area contributed by atoms with Crippen LogP contribution in [0.4, 0.5) is 18.0 Å². The molecule has 2 heterocycles. The Kier molecular flexibility index (Phi) is 4.34. The number of carbonyl (C=O) groups is 2. The largest absolute Gasteiger partial charge is 0.573 e. The van der Waals surface area contributed by atoms with Gasteiger partial charge in [0.1, 0.15) is 17.3 Å². The van der Waals surface area contributed by atoms with E-state index in [4.69, 9.17) is 4.42 Å². The van der Waals surface area contributed by atoms with Gasteiger partial charge < -0.3 is 9.15 Å². The van der Waals surface area contributed by atoms with Gasteiger partial charge in [-0.3, -0.25) is 14.5 Å². The van der Waals surface area contributed by atoms with Gasteiger partial charge in [0.2, 0.25) is 0 Å². The molecule has 0 aliphatic carbocycles. The topological polar surface area (TPSA) is 59.8 Å². The van der Waals surface area contributed by atoms with E-state index in [1.54, 1.807) is 12.1 Å². The molecular weight excluding hydrogens is 359 g/mol. The molecule has 0 unspecified atom stereocenters. The van der Waals surface area contributed by atoms with E-state index in [0.29, 0.717) is 17.1 Å². The third-order valence-electron chi connectivity index (χ3n) is 3.26. The van der Waals surface area contributed by atoms with Crippen molar-refractivity contribution in [3.05, 3.63) is 47.1 Å². The number of hydrogen-bond acceptors (Lipinski definition) is 5. The van der Waals surface area contributed by atoms with Gasteiger partial charge in [0.15, 0.2) is 0 Å². The van der Waals surface area contributed by atoms with Crippen LogP contribution in [0.2, 0.25) is 0 Å². The molecule has 1 aliphatic heterocycles. The minimum Gasteiger partial charge on any atom is -0.457 e. The van der Waals surface area contributed by atoms with Crippen LogP contribution in [0.25, 0.3) is 17.4 Å². The highest BCUT2D eigenvalue weighted by Gasteiger charge is 2.32. The Bertz CT molecular complexity index is 855. The molecular formula is C16H10F3NO4S. The van der Waals surface area contributed by atoms with Crippen LogP contribution >= 0.6 is 11.8 Å². The van der Waals surface area contributed by atoms with Crippen LogP contribution in [0.15, 0.2) is 45.7 Å². The van der Waals surface area contributed by atoms with E-state index in [9.17, 15) is 22.8 Å². The molecule has 5 nitrogen and oxygen atoms in total. The number of imide groups is 1. The Labute approximate surface area is 144 Å². The number of likely N-dealkylation sites (N-methyl/N-ethyl adjacent to an activating group) is 1. The van der Waals surface area contributed by atoms with Crippen molar-refractivity contribution in [2.24, 2.45) is 0 Å². The predicted molar refractivity (Wildman–Crippen MR) is 84.6 cm³/mol. The monoisotopic (exact) mass is 369 g/mol. The molecule has 3 rings (SSSR count). The molecule has 0 radical (unpaired) electrons. The summed E-state index contributed by atoms with van der Waals surface area (Å²) in [6.07, 6.45) is -3.30. The summed E-state index contributed by atoms with van der Waals surface area (Å²) in [5, 5.41) is -0.372. The second-order valence-corrected chi connectivity index (χ2v) is 6.01. The van der Waals surface area contributed by atoms with Crippen molar-refractivity contribution in [1.82, 2.24) is 4.90 Å². The zero-order valence-corrected chi connectivity index (χ0v) is 13.5. The van der Waals surface area contributed by atoms with E-state index < -0.39 is 12.3 Å². The quantitative estimate of drug-likeness (QED) is 0.745. The fourth-order valence-electron chi connectivity index (χ4n) is 2.08. The molecule has 1 aliphatic rings. The van der Waals surface area contributed by atoms with E-state index in [2.05, 4.69) is 4.74 Å². The van der Waals surface area contributed by atoms with Gasteiger partial charge in [-0.2, -0.15) is 0 Å². The number of rotatable bonds is 3. The maximum Gasteiger partial charge on any atom is 0.573 e. The van der Waals surface area contributed by atoms with Crippen molar-refractivity contribution in [2.75, 3.05) is 7.05 Å². The third-order valence-corrected chi connectivity index (χ3v) is 4.22. The van der Waals surface area contributed by atoms with E-state index in [1.807, 2.05) is 0 Å². The fraction of sp³-hybridized carbons (Fsp3) is 0.125. The standard InChI is InChI=1S/C16H10F3NO4S/c1-20-14(21)13(25-15(20)22)8-11-6-7-12(23-11)9-2-4-10(5-3-9)24-16(17,18)19/h2-8H,1H3/b13-8-. The summed E-state index contributed by atoms with van der Waals surface area (Å²) in [7, 11) is 1.39. The predicted octanol–water partition coefficient (Wildman–Crippen LogP) is 4.51.